The fourth-order valence-electron chi connectivity index (χ4n) is 2.74. The average Bonchev–Trinajstić information content (AvgIpc) is 2.36. The Morgan fingerprint density at radius 1 is 1.25 bits per heavy atom. The molecule has 0 aromatic rings. The van der Waals surface area contributed by atoms with Crippen molar-refractivity contribution in [3.8, 4) is 0 Å². The van der Waals surface area contributed by atoms with Crippen LogP contribution < -0.4 is 5.73 Å². The molecule has 0 spiro atoms. The van der Waals surface area contributed by atoms with Crippen molar-refractivity contribution in [3.05, 3.63) is 0 Å². The van der Waals surface area contributed by atoms with E-state index < -0.39 is 5.54 Å². The number of ether oxygens (including phenoxy) is 1. The molecule has 1 fully saturated rings. The molecule has 0 aromatic carbocycles. The highest BCUT2D eigenvalue weighted by molar-refractivity contribution is 5.83. The fourth-order valence-corrected chi connectivity index (χ4v) is 2.74. The van der Waals surface area contributed by atoms with Gasteiger partial charge in [-0.3, -0.25) is 9.59 Å². The molecule has 116 valence electrons. The molecule has 0 radical (unpaired) electrons. The second-order valence-corrected chi connectivity index (χ2v) is 6.02. The van der Waals surface area contributed by atoms with E-state index in [0.29, 0.717) is 13.0 Å². The molecule has 0 heterocycles. The molecule has 0 aliphatic heterocycles. The van der Waals surface area contributed by atoms with Crippen LogP contribution in [-0.2, 0) is 14.3 Å². The summed E-state index contributed by atoms with van der Waals surface area (Å²) in [4.78, 5) is 25.6. The Morgan fingerprint density at radius 2 is 1.85 bits per heavy atom. The number of nitrogens with zero attached hydrogens (tertiary/aromatic N) is 1. The predicted octanol–water partition coefficient (Wildman–Crippen LogP) is 1.84. The van der Waals surface area contributed by atoms with Gasteiger partial charge in [-0.25, -0.2) is 0 Å². The minimum Gasteiger partial charge on any atom is -0.465 e. The Balaban J connectivity index is 2.61. The van der Waals surface area contributed by atoms with Gasteiger partial charge in [0.2, 0.25) is 5.91 Å². The van der Waals surface area contributed by atoms with E-state index in [2.05, 4.69) is 0 Å². The van der Waals surface area contributed by atoms with Crippen LogP contribution in [0.15, 0.2) is 0 Å². The number of nitrogens with two attached hydrogens (primary N) is 1. The zero-order chi connectivity index (χ0) is 15.2. The molecule has 0 unspecified atom stereocenters. The summed E-state index contributed by atoms with van der Waals surface area (Å²) in [6, 6.07) is -0.0286. The van der Waals surface area contributed by atoms with Crippen LogP contribution in [0, 0.1) is 0 Å². The molecule has 0 aromatic heterocycles. The second-order valence-electron chi connectivity index (χ2n) is 6.02. The van der Waals surface area contributed by atoms with Gasteiger partial charge in [0.1, 0.15) is 6.54 Å². The largest absolute Gasteiger partial charge is 0.465 e. The van der Waals surface area contributed by atoms with Gasteiger partial charge in [-0.05, 0) is 33.6 Å². The van der Waals surface area contributed by atoms with Crippen molar-refractivity contribution < 1.29 is 14.3 Å². The molecule has 1 rings (SSSR count). The van der Waals surface area contributed by atoms with Crippen LogP contribution in [0.1, 0.15) is 59.3 Å². The quantitative estimate of drug-likeness (QED) is 0.755. The summed E-state index contributed by atoms with van der Waals surface area (Å²) >= 11 is 0. The molecule has 0 bridgehead atoms. The van der Waals surface area contributed by atoms with Gasteiger partial charge >= 0.3 is 5.97 Å². The van der Waals surface area contributed by atoms with Gasteiger partial charge in [-0.1, -0.05) is 19.3 Å². The zero-order valence-corrected chi connectivity index (χ0v) is 13.0. The number of hydrogen-bond acceptors (Lipinski definition) is 4. The van der Waals surface area contributed by atoms with Crippen LogP contribution in [0.4, 0.5) is 0 Å². The SMILES string of the molecule is CCOC(=O)CN(C(=O)CC1(N)CCCCC1)C(C)C. The Bertz CT molecular complexity index is 336. The number of carbonyl (C=O) groups excluding carboxylic acids is 2. The summed E-state index contributed by atoms with van der Waals surface area (Å²) in [6.07, 6.45) is 5.48. The normalized spacial score (nSPS) is 17.9. The maximum absolute atomic E-state index is 12.4. The lowest BCUT2D eigenvalue weighted by Crippen LogP contribution is -2.49. The van der Waals surface area contributed by atoms with Gasteiger partial charge in [-0.2, -0.15) is 0 Å². The number of carbonyl (C=O) groups is 2. The third kappa shape index (κ3) is 5.12. The predicted molar refractivity (Wildman–Crippen MR) is 78.1 cm³/mol. The maximum atomic E-state index is 12.4. The molecule has 20 heavy (non-hydrogen) atoms. The Labute approximate surface area is 121 Å². The summed E-state index contributed by atoms with van der Waals surface area (Å²) in [6.45, 7) is 5.92. The topological polar surface area (TPSA) is 72.6 Å². The van der Waals surface area contributed by atoms with Crippen molar-refractivity contribution in [2.24, 2.45) is 5.73 Å². The summed E-state index contributed by atoms with van der Waals surface area (Å²) < 4.78 is 4.92. The fraction of sp³-hybridized carbons (Fsp3) is 0.867. The molecule has 1 saturated carbocycles. The van der Waals surface area contributed by atoms with Gasteiger partial charge < -0.3 is 15.4 Å². The third-order valence-electron chi connectivity index (χ3n) is 3.90. The second kappa shape index (κ2) is 7.62. The molecule has 2 N–H and O–H groups in total. The molecule has 1 aliphatic carbocycles. The molecule has 5 heteroatoms. The van der Waals surface area contributed by atoms with Crippen molar-refractivity contribution in [2.45, 2.75) is 70.9 Å². The summed E-state index contributed by atoms with van der Waals surface area (Å²) in [5.41, 5.74) is 5.93. The van der Waals surface area contributed by atoms with E-state index in [1.165, 1.54) is 6.42 Å². The standard InChI is InChI=1S/C15H28N2O3/c1-4-20-14(19)11-17(12(2)3)13(18)10-15(16)8-6-5-7-9-15/h12H,4-11,16H2,1-3H3. The first-order valence-electron chi connectivity index (χ1n) is 7.62. The summed E-state index contributed by atoms with van der Waals surface area (Å²) in [5.74, 6) is -0.401. The minimum absolute atomic E-state index is 0.0143. The van der Waals surface area contributed by atoms with E-state index in [-0.39, 0.29) is 24.5 Å². The molecular formula is C15H28N2O3. The first-order valence-corrected chi connectivity index (χ1v) is 7.62. The summed E-state index contributed by atoms with van der Waals surface area (Å²) in [7, 11) is 0. The highest BCUT2D eigenvalue weighted by Crippen LogP contribution is 2.29. The Hall–Kier alpha value is -1.10. The molecule has 0 atom stereocenters. The van der Waals surface area contributed by atoms with E-state index >= 15 is 0 Å². The lowest BCUT2D eigenvalue weighted by Gasteiger charge is -2.35. The molecule has 1 amide bonds. The van der Waals surface area contributed by atoms with E-state index in [9.17, 15) is 9.59 Å². The van der Waals surface area contributed by atoms with E-state index in [0.717, 1.165) is 25.7 Å². The van der Waals surface area contributed by atoms with Gasteiger partial charge in [0, 0.05) is 18.0 Å². The smallest absolute Gasteiger partial charge is 0.325 e. The van der Waals surface area contributed by atoms with Crippen LogP contribution >= 0.6 is 0 Å². The van der Waals surface area contributed by atoms with Crippen molar-refractivity contribution in [1.82, 2.24) is 4.90 Å². The highest BCUT2D eigenvalue weighted by Gasteiger charge is 2.33. The van der Waals surface area contributed by atoms with Crippen molar-refractivity contribution >= 4 is 11.9 Å². The van der Waals surface area contributed by atoms with E-state index in [1.54, 1.807) is 11.8 Å². The average molecular weight is 284 g/mol. The number of hydrogen-bond donors (Lipinski definition) is 1. The van der Waals surface area contributed by atoms with Crippen LogP contribution in [0.25, 0.3) is 0 Å². The van der Waals surface area contributed by atoms with Crippen LogP contribution in [0.3, 0.4) is 0 Å². The molecular weight excluding hydrogens is 256 g/mol. The molecule has 0 saturated heterocycles. The third-order valence-corrected chi connectivity index (χ3v) is 3.90. The monoisotopic (exact) mass is 284 g/mol. The van der Waals surface area contributed by atoms with Crippen molar-refractivity contribution in [2.75, 3.05) is 13.2 Å². The van der Waals surface area contributed by atoms with E-state index in [1.807, 2.05) is 13.8 Å². The van der Waals surface area contributed by atoms with Gasteiger partial charge in [0.25, 0.3) is 0 Å². The number of esters is 1. The van der Waals surface area contributed by atoms with Crippen LogP contribution in [-0.4, -0.2) is 41.5 Å². The van der Waals surface area contributed by atoms with Crippen LogP contribution in [0.2, 0.25) is 0 Å². The maximum Gasteiger partial charge on any atom is 0.325 e. The van der Waals surface area contributed by atoms with Gasteiger partial charge in [0.15, 0.2) is 0 Å². The first kappa shape index (κ1) is 17.0. The molecule has 1 aliphatic rings. The minimum atomic E-state index is -0.392. The lowest BCUT2D eigenvalue weighted by atomic mass is 9.80. The first-order chi connectivity index (χ1) is 9.38. The molecule has 5 nitrogen and oxygen atoms in total. The highest BCUT2D eigenvalue weighted by atomic mass is 16.5. The zero-order valence-electron chi connectivity index (χ0n) is 13.0. The van der Waals surface area contributed by atoms with E-state index in [4.69, 9.17) is 10.5 Å². The van der Waals surface area contributed by atoms with Crippen molar-refractivity contribution in [3.63, 3.8) is 0 Å². The van der Waals surface area contributed by atoms with Crippen LogP contribution in [0.5, 0.6) is 0 Å². The summed E-state index contributed by atoms with van der Waals surface area (Å²) in [5, 5.41) is 0. The van der Waals surface area contributed by atoms with Gasteiger partial charge in [-0.15, -0.1) is 0 Å². The Kier molecular flexibility index (Phi) is 6.46. The number of amides is 1. The van der Waals surface area contributed by atoms with Gasteiger partial charge in [0.05, 0.1) is 6.61 Å². The lowest BCUT2D eigenvalue weighted by molar-refractivity contribution is -0.150. The van der Waals surface area contributed by atoms with Crippen molar-refractivity contribution in [1.29, 1.82) is 0 Å². The number of rotatable bonds is 6. The Morgan fingerprint density at radius 3 is 2.35 bits per heavy atom.